The predicted molar refractivity (Wildman–Crippen MR) is 56.2 cm³/mol. The fourth-order valence-corrected chi connectivity index (χ4v) is 1.34. The fourth-order valence-electron chi connectivity index (χ4n) is 1.34. The summed E-state index contributed by atoms with van der Waals surface area (Å²) in [6.45, 7) is 9.17. The summed E-state index contributed by atoms with van der Waals surface area (Å²) in [7, 11) is 0. The molecule has 0 aromatic rings. The number of amides is 1. The lowest BCUT2D eigenvalue weighted by Gasteiger charge is -2.24. The third kappa shape index (κ3) is 3.05. The lowest BCUT2D eigenvalue weighted by Crippen LogP contribution is -2.35. The van der Waals surface area contributed by atoms with Gasteiger partial charge in [-0.3, -0.25) is 0 Å². The Bertz CT molecular complexity index is 251. The molecule has 1 aliphatic heterocycles. The predicted octanol–water partition coefficient (Wildman–Crippen LogP) is 2.57. The second-order valence-corrected chi connectivity index (χ2v) is 4.58. The van der Waals surface area contributed by atoms with Crippen LogP contribution in [0.25, 0.3) is 0 Å². The highest BCUT2D eigenvalue weighted by atomic mass is 16.6. The van der Waals surface area contributed by atoms with E-state index in [0.29, 0.717) is 6.54 Å². The summed E-state index contributed by atoms with van der Waals surface area (Å²) in [6.07, 6.45) is 2.90. The van der Waals surface area contributed by atoms with Gasteiger partial charge in [-0.1, -0.05) is 18.6 Å². The first-order valence-corrected chi connectivity index (χ1v) is 5.08. The molecule has 0 saturated heterocycles. The molecule has 0 bridgehead atoms. The smallest absolute Gasteiger partial charge is 0.410 e. The van der Waals surface area contributed by atoms with Gasteiger partial charge in [-0.2, -0.15) is 0 Å². The lowest BCUT2D eigenvalue weighted by atomic mass is 10.2. The van der Waals surface area contributed by atoms with E-state index in [1.807, 2.05) is 20.8 Å². The summed E-state index contributed by atoms with van der Waals surface area (Å²) < 4.78 is 5.27. The van der Waals surface area contributed by atoms with Crippen LogP contribution in [0.3, 0.4) is 0 Å². The quantitative estimate of drug-likeness (QED) is 0.605. The Labute approximate surface area is 85.7 Å². The Morgan fingerprint density at radius 2 is 2.21 bits per heavy atom. The van der Waals surface area contributed by atoms with Gasteiger partial charge in [-0.15, -0.1) is 0 Å². The van der Waals surface area contributed by atoms with Crippen molar-refractivity contribution >= 4 is 6.09 Å². The first-order chi connectivity index (χ1) is 6.42. The normalized spacial score (nSPS) is 16.9. The van der Waals surface area contributed by atoms with Crippen molar-refractivity contribution in [3.63, 3.8) is 0 Å². The minimum absolute atomic E-state index is 0.211. The van der Waals surface area contributed by atoms with Crippen LogP contribution in [0.1, 0.15) is 34.1 Å². The molecule has 1 heterocycles. The van der Waals surface area contributed by atoms with Crippen molar-refractivity contribution in [3.8, 4) is 0 Å². The number of nitrogens with zero attached hydrogens (tertiary/aromatic N) is 1. The van der Waals surface area contributed by atoms with Crippen molar-refractivity contribution in [1.29, 1.82) is 0 Å². The number of hydrogen-bond donors (Lipinski definition) is 0. The van der Waals surface area contributed by atoms with Crippen LogP contribution in [-0.2, 0) is 4.74 Å². The SMILES string of the molecule is CCC1=CCN(C(=O)OC(C)(C)C)C1. The molecule has 3 nitrogen and oxygen atoms in total. The maximum Gasteiger partial charge on any atom is 0.410 e. The molecule has 0 N–H and O–H groups in total. The maximum absolute atomic E-state index is 11.6. The summed E-state index contributed by atoms with van der Waals surface area (Å²) in [5.74, 6) is 0. The summed E-state index contributed by atoms with van der Waals surface area (Å²) in [4.78, 5) is 13.3. The van der Waals surface area contributed by atoms with Crippen LogP contribution in [0, 0.1) is 0 Å². The molecular formula is C11H19NO2. The average molecular weight is 197 g/mol. The summed E-state index contributed by atoms with van der Waals surface area (Å²) in [5.41, 5.74) is 0.919. The molecule has 0 spiro atoms. The molecular weight excluding hydrogens is 178 g/mol. The molecule has 0 aliphatic carbocycles. The second-order valence-electron chi connectivity index (χ2n) is 4.58. The molecule has 1 rings (SSSR count). The number of ether oxygens (including phenoxy) is 1. The van der Waals surface area contributed by atoms with Crippen LogP contribution in [0.2, 0.25) is 0 Å². The highest BCUT2D eigenvalue weighted by molar-refractivity contribution is 5.69. The molecule has 1 amide bonds. The third-order valence-corrected chi connectivity index (χ3v) is 2.10. The van der Waals surface area contributed by atoms with Gasteiger partial charge in [-0.25, -0.2) is 4.79 Å². The first-order valence-electron chi connectivity index (χ1n) is 5.08. The zero-order valence-corrected chi connectivity index (χ0v) is 9.46. The standard InChI is InChI=1S/C11H19NO2/c1-5-9-6-7-12(8-9)10(13)14-11(2,3)4/h6H,5,7-8H2,1-4H3. The topological polar surface area (TPSA) is 29.5 Å². The monoisotopic (exact) mass is 197 g/mol. The average Bonchev–Trinajstić information content (AvgIpc) is 2.48. The molecule has 0 unspecified atom stereocenters. The molecule has 0 atom stereocenters. The molecule has 0 aromatic heterocycles. The Morgan fingerprint density at radius 3 is 2.64 bits per heavy atom. The number of carbonyl (C=O) groups is 1. The van der Waals surface area contributed by atoms with Crippen LogP contribution >= 0.6 is 0 Å². The molecule has 0 radical (unpaired) electrons. The molecule has 0 aromatic carbocycles. The zero-order chi connectivity index (χ0) is 10.8. The van der Waals surface area contributed by atoms with Crippen LogP contribution in [-0.4, -0.2) is 29.7 Å². The van der Waals surface area contributed by atoms with Crippen molar-refractivity contribution in [2.45, 2.75) is 39.7 Å². The minimum atomic E-state index is -0.397. The van der Waals surface area contributed by atoms with E-state index in [-0.39, 0.29) is 6.09 Å². The van der Waals surface area contributed by atoms with E-state index in [2.05, 4.69) is 13.0 Å². The highest BCUT2D eigenvalue weighted by Crippen LogP contribution is 2.16. The molecule has 80 valence electrons. The fraction of sp³-hybridized carbons (Fsp3) is 0.727. The molecule has 0 saturated carbocycles. The van der Waals surface area contributed by atoms with Crippen molar-refractivity contribution in [1.82, 2.24) is 4.90 Å². The molecule has 3 heteroatoms. The number of carbonyl (C=O) groups excluding carboxylic acids is 1. The first kappa shape index (κ1) is 11.1. The number of rotatable bonds is 1. The van der Waals surface area contributed by atoms with Crippen LogP contribution < -0.4 is 0 Å². The van der Waals surface area contributed by atoms with Gasteiger partial charge in [0.05, 0.1) is 0 Å². The lowest BCUT2D eigenvalue weighted by molar-refractivity contribution is 0.0301. The van der Waals surface area contributed by atoms with Crippen molar-refractivity contribution in [3.05, 3.63) is 11.6 Å². The van der Waals surface area contributed by atoms with E-state index in [1.165, 1.54) is 5.57 Å². The Morgan fingerprint density at radius 1 is 1.57 bits per heavy atom. The largest absolute Gasteiger partial charge is 0.444 e. The van der Waals surface area contributed by atoms with Crippen LogP contribution in [0.15, 0.2) is 11.6 Å². The Hall–Kier alpha value is -0.990. The molecule has 0 fully saturated rings. The number of hydrogen-bond acceptors (Lipinski definition) is 2. The van der Waals surface area contributed by atoms with Crippen LogP contribution in [0.4, 0.5) is 4.79 Å². The molecule has 1 aliphatic rings. The summed E-state index contributed by atoms with van der Waals surface area (Å²) >= 11 is 0. The van der Waals surface area contributed by atoms with E-state index in [4.69, 9.17) is 4.74 Å². The van der Waals surface area contributed by atoms with Crippen molar-refractivity contribution in [2.24, 2.45) is 0 Å². The van der Waals surface area contributed by atoms with Gasteiger partial charge in [-0.05, 0) is 27.2 Å². The van der Waals surface area contributed by atoms with E-state index >= 15 is 0 Å². The van der Waals surface area contributed by atoms with Gasteiger partial charge < -0.3 is 9.64 Å². The van der Waals surface area contributed by atoms with Gasteiger partial charge in [0.2, 0.25) is 0 Å². The summed E-state index contributed by atoms with van der Waals surface area (Å²) in [6, 6.07) is 0. The third-order valence-electron chi connectivity index (χ3n) is 2.10. The maximum atomic E-state index is 11.6. The van der Waals surface area contributed by atoms with E-state index in [9.17, 15) is 4.79 Å². The van der Waals surface area contributed by atoms with Crippen LogP contribution in [0.5, 0.6) is 0 Å². The van der Waals surface area contributed by atoms with E-state index in [1.54, 1.807) is 4.90 Å². The highest BCUT2D eigenvalue weighted by Gasteiger charge is 2.24. The van der Waals surface area contributed by atoms with Crippen molar-refractivity contribution in [2.75, 3.05) is 13.1 Å². The summed E-state index contributed by atoms with van der Waals surface area (Å²) in [5, 5.41) is 0. The van der Waals surface area contributed by atoms with Crippen molar-refractivity contribution < 1.29 is 9.53 Å². The van der Waals surface area contributed by atoms with Gasteiger partial charge in [0.25, 0.3) is 0 Å². The van der Waals surface area contributed by atoms with Gasteiger partial charge in [0, 0.05) is 13.1 Å². The van der Waals surface area contributed by atoms with Gasteiger partial charge in [0.1, 0.15) is 5.60 Å². The zero-order valence-electron chi connectivity index (χ0n) is 9.46. The van der Waals surface area contributed by atoms with Gasteiger partial charge in [0.15, 0.2) is 0 Å². The second kappa shape index (κ2) is 4.03. The molecule has 14 heavy (non-hydrogen) atoms. The van der Waals surface area contributed by atoms with E-state index in [0.717, 1.165) is 13.0 Å². The van der Waals surface area contributed by atoms with E-state index < -0.39 is 5.60 Å². The van der Waals surface area contributed by atoms with Gasteiger partial charge >= 0.3 is 6.09 Å². The minimum Gasteiger partial charge on any atom is -0.444 e. The Kier molecular flexibility index (Phi) is 3.19. The Balaban J connectivity index is 2.42.